The third kappa shape index (κ3) is 2.81. The molecular formula is C13H17FO2. The maximum absolute atomic E-state index is 13.6. The quantitative estimate of drug-likeness (QED) is 0.732. The zero-order valence-electron chi connectivity index (χ0n) is 10.1. The van der Waals surface area contributed by atoms with Crippen LogP contribution in [0.2, 0.25) is 0 Å². The SMILES string of the molecule is CC(=O)c1cccc(F)c1OC(C)C(C)C. The van der Waals surface area contributed by atoms with E-state index in [0.29, 0.717) is 5.56 Å². The topological polar surface area (TPSA) is 26.3 Å². The van der Waals surface area contributed by atoms with E-state index in [0.717, 1.165) is 0 Å². The van der Waals surface area contributed by atoms with Crippen LogP contribution in [0.5, 0.6) is 5.75 Å². The highest BCUT2D eigenvalue weighted by molar-refractivity contribution is 5.96. The van der Waals surface area contributed by atoms with Crippen molar-refractivity contribution in [3.8, 4) is 5.75 Å². The maximum Gasteiger partial charge on any atom is 0.166 e. The summed E-state index contributed by atoms with van der Waals surface area (Å²) >= 11 is 0. The number of halogens is 1. The van der Waals surface area contributed by atoms with Gasteiger partial charge in [-0.3, -0.25) is 4.79 Å². The van der Waals surface area contributed by atoms with Gasteiger partial charge in [0.1, 0.15) is 0 Å². The number of para-hydroxylation sites is 1. The monoisotopic (exact) mass is 224 g/mol. The fourth-order valence-electron chi connectivity index (χ4n) is 1.23. The van der Waals surface area contributed by atoms with E-state index in [-0.39, 0.29) is 23.6 Å². The number of hydrogen-bond donors (Lipinski definition) is 0. The van der Waals surface area contributed by atoms with Crippen LogP contribution in [0.4, 0.5) is 4.39 Å². The highest BCUT2D eigenvalue weighted by Gasteiger charge is 2.17. The number of carbonyl (C=O) groups is 1. The van der Waals surface area contributed by atoms with Gasteiger partial charge in [-0.05, 0) is 31.9 Å². The largest absolute Gasteiger partial charge is 0.487 e. The normalized spacial score (nSPS) is 12.6. The smallest absolute Gasteiger partial charge is 0.166 e. The molecule has 1 aromatic rings. The number of rotatable bonds is 4. The minimum absolute atomic E-state index is 0.0659. The highest BCUT2D eigenvalue weighted by Crippen LogP contribution is 2.25. The number of carbonyl (C=O) groups excluding carboxylic acids is 1. The molecule has 0 aliphatic carbocycles. The van der Waals surface area contributed by atoms with Gasteiger partial charge in [-0.25, -0.2) is 4.39 Å². The number of Topliss-reactive ketones (excluding diaryl/α,β-unsaturated/α-hetero) is 1. The molecule has 88 valence electrons. The van der Waals surface area contributed by atoms with E-state index in [4.69, 9.17) is 4.74 Å². The number of hydrogen-bond acceptors (Lipinski definition) is 2. The van der Waals surface area contributed by atoms with E-state index in [2.05, 4.69) is 0 Å². The second-order valence-electron chi connectivity index (χ2n) is 4.24. The van der Waals surface area contributed by atoms with Crippen molar-refractivity contribution in [1.82, 2.24) is 0 Å². The van der Waals surface area contributed by atoms with E-state index in [9.17, 15) is 9.18 Å². The van der Waals surface area contributed by atoms with E-state index < -0.39 is 5.82 Å². The van der Waals surface area contributed by atoms with E-state index in [1.165, 1.54) is 19.1 Å². The van der Waals surface area contributed by atoms with Crippen LogP contribution in [0.25, 0.3) is 0 Å². The number of ketones is 1. The molecular weight excluding hydrogens is 207 g/mol. The molecule has 0 aliphatic rings. The molecule has 1 rings (SSSR count). The highest BCUT2D eigenvalue weighted by atomic mass is 19.1. The third-order valence-corrected chi connectivity index (χ3v) is 2.59. The molecule has 0 saturated heterocycles. The Morgan fingerprint density at radius 2 is 1.94 bits per heavy atom. The van der Waals surface area contributed by atoms with Crippen molar-refractivity contribution in [2.45, 2.75) is 33.8 Å². The second-order valence-corrected chi connectivity index (χ2v) is 4.24. The summed E-state index contributed by atoms with van der Waals surface area (Å²) in [6, 6.07) is 4.39. The Bertz CT molecular complexity index is 386. The van der Waals surface area contributed by atoms with Crippen LogP contribution in [0.15, 0.2) is 18.2 Å². The van der Waals surface area contributed by atoms with Gasteiger partial charge >= 0.3 is 0 Å². The Balaban J connectivity index is 3.06. The lowest BCUT2D eigenvalue weighted by Gasteiger charge is -2.20. The van der Waals surface area contributed by atoms with Gasteiger partial charge in [0, 0.05) is 0 Å². The van der Waals surface area contributed by atoms with E-state index in [1.54, 1.807) is 6.07 Å². The molecule has 0 N–H and O–H groups in total. The second kappa shape index (κ2) is 5.10. The molecule has 1 unspecified atom stereocenters. The average molecular weight is 224 g/mol. The van der Waals surface area contributed by atoms with Gasteiger partial charge in [-0.1, -0.05) is 19.9 Å². The molecule has 16 heavy (non-hydrogen) atoms. The van der Waals surface area contributed by atoms with Crippen LogP contribution in [-0.4, -0.2) is 11.9 Å². The summed E-state index contributed by atoms with van der Waals surface area (Å²) in [4.78, 5) is 11.3. The molecule has 3 heteroatoms. The lowest BCUT2D eigenvalue weighted by Crippen LogP contribution is -2.20. The van der Waals surface area contributed by atoms with Crippen molar-refractivity contribution in [3.63, 3.8) is 0 Å². The van der Waals surface area contributed by atoms with Crippen LogP contribution < -0.4 is 4.74 Å². The van der Waals surface area contributed by atoms with Gasteiger partial charge in [0.15, 0.2) is 17.3 Å². The Hall–Kier alpha value is -1.38. The summed E-state index contributed by atoms with van der Waals surface area (Å²) in [6.07, 6.45) is -0.130. The predicted molar refractivity (Wildman–Crippen MR) is 61.3 cm³/mol. The predicted octanol–water partition coefficient (Wildman–Crippen LogP) is 3.45. The van der Waals surface area contributed by atoms with Gasteiger partial charge < -0.3 is 4.74 Å². The maximum atomic E-state index is 13.6. The summed E-state index contributed by atoms with van der Waals surface area (Å²) in [5.74, 6) is -0.346. The summed E-state index contributed by atoms with van der Waals surface area (Å²) in [5, 5.41) is 0. The first-order valence-electron chi connectivity index (χ1n) is 5.39. The zero-order valence-corrected chi connectivity index (χ0v) is 10.1. The van der Waals surface area contributed by atoms with Crippen LogP contribution in [0.1, 0.15) is 38.1 Å². The number of benzene rings is 1. The molecule has 1 atom stereocenters. The first kappa shape index (κ1) is 12.7. The Morgan fingerprint density at radius 3 is 2.44 bits per heavy atom. The zero-order chi connectivity index (χ0) is 12.3. The molecule has 0 saturated carbocycles. The van der Waals surface area contributed by atoms with Crippen molar-refractivity contribution in [1.29, 1.82) is 0 Å². The van der Waals surface area contributed by atoms with Gasteiger partial charge in [0.25, 0.3) is 0 Å². The van der Waals surface area contributed by atoms with Crippen molar-refractivity contribution in [2.24, 2.45) is 5.92 Å². The molecule has 2 nitrogen and oxygen atoms in total. The summed E-state index contributed by atoms with van der Waals surface area (Å²) in [7, 11) is 0. The van der Waals surface area contributed by atoms with Crippen molar-refractivity contribution < 1.29 is 13.9 Å². The first-order chi connectivity index (χ1) is 7.43. The van der Waals surface area contributed by atoms with Gasteiger partial charge in [-0.15, -0.1) is 0 Å². The fourth-order valence-corrected chi connectivity index (χ4v) is 1.23. The Morgan fingerprint density at radius 1 is 1.31 bits per heavy atom. The molecule has 0 radical (unpaired) electrons. The molecule has 0 bridgehead atoms. The molecule has 0 aromatic heterocycles. The minimum atomic E-state index is -0.486. The average Bonchev–Trinajstić information content (AvgIpc) is 2.20. The molecule has 0 fully saturated rings. The lowest BCUT2D eigenvalue weighted by molar-refractivity contribution is 0.1000. The minimum Gasteiger partial charge on any atom is -0.487 e. The molecule has 0 heterocycles. The molecule has 1 aromatic carbocycles. The standard InChI is InChI=1S/C13H17FO2/c1-8(2)10(4)16-13-11(9(3)15)6-5-7-12(13)14/h5-8,10H,1-4H3. The third-order valence-electron chi connectivity index (χ3n) is 2.59. The van der Waals surface area contributed by atoms with Crippen LogP contribution >= 0.6 is 0 Å². The lowest BCUT2D eigenvalue weighted by atomic mass is 10.1. The van der Waals surface area contributed by atoms with Crippen molar-refractivity contribution >= 4 is 5.78 Å². The number of ether oxygens (including phenoxy) is 1. The first-order valence-corrected chi connectivity index (χ1v) is 5.39. The molecule has 0 spiro atoms. The van der Waals surface area contributed by atoms with E-state index in [1.807, 2.05) is 20.8 Å². The van der Waals surface area contributed by atoms with E-state index >= 15 is 0 Å². The van der Waals surface area contributed by atoms with Crippen molar-refractivity contribution in [2.75, 3.05) is 0 Å². The van der Waals surface area contributed by atoms with Crippen molar-refractivity contribution in [3.05, 3.63) is 29.6 Å². The molecule has 0 amide bonds. The van der Waals surface area contributed by atoms with Crippen LogP contribution in [0, 0.1) is 11.7 Å². The summed E-state index contributed by atoms with van der Waals surface area (Å²) < 4.78 is 19.1. The molecule has 0 aliphatic heterocycles. The fraction of sp³-hybridized carbons (Fsp3) is 0.462. The van der Waals surface area contributed by atoms with Crippen LogP contribution in [-0.2, 0) is 0 Å². The Labute approximate surface area is 95.4 Å². The Kier molecular flexibility index (Phi) is 4.05. The van der Waals surface area contributed by atoms with Gasteiger partial charge in [0.2, 0.25) is 0 Å². The van der Waals surface area contributed by atoms with Gasteiger partial charge in [-0.2, -0.15) is 0 Å². The van der Waals surface area contributed by atoms with Crippen LogP contribution in [0.3, 0.4) is 0 Å². The summed E-state index contributed by atoms with van der Waals surface area (Å²) in [5.41, 5.74) is 0.299. The summed E-state index contributed by atoms with van der Waals surface area (Å²) in [6.45, 7) is 7.24. The van der Waals surface area contributed by atoms with Gasteiger partial charge in [0.05, 0.1) is 11.7 Å².